The van der Waals surface area contributed by atoms with E-state index in [2.05, 4.69) is 41.5 Å². The number of rotatable bonds is 14. The Hall–Kier alpha value is -5.84. The summed E-state index contributed by atoms with van der Waals surface area (Å²) in [7, 11) is 3.44. The van der Waals surface area contributed by atoms with Crippen LogP contribution in [0.25, 0.3) is 11.0 Å². The number of carbonyl (C=O) groups is 6. The Morgan fingerprint density at radius 1 is 0.548 bits per heavy atom. The third-order valence-electron chi connectivity index (χ3n) is 12.7. The van der Waals surface area contributed by atoms with Gasteiger partial charge in [0, 0.05) is 75.0 Å². The molecule has 0 aliphatic carbocycles. The van der Waals surface area contributed by atoms with Crippen molar-refractivity contribution in [2.24, 2.45) is 21.7 Å². The SMILES string of the molecule is CC(C)c1ccn2c(C(=O)c3ccc(Cl)cc3)c(CC(C)(C)C(=O)N(C)C)c(C(=O)C(C)(C)C)c2c1.CC(C)c1ccn2c(C(=O)c3ccc(Cl)cc3)c(CC(C)(C)C(=O)O)c(C(=O)C(C)(C)C)c2c1.CCC. The van der Waals surface area contributed by atoms with Crippen LogP contribution in [0, 0.1) is 21.7 Å². The topological polar surface area (TPSA) is 135 Å². The first-order valence-electron chi connectivity index (χ1n) is 25.1. The molecule has 0 radical (unpaired) electrons. The van der Waals surface area contributed by atoms with Gasteiger partial charge >= 0.3 is 5.97 Å². The second-order valence-corrected chi connectivity index (χ2v) is 24.2. The standard InChI is InChI=1S/C30H37ClN2O3.C28H32ClNO4.C3H8/c1-18(2)20-14-15-33-23(16-20)24(27(35)29(3,4)5)22(17-30(6,7)28(36)32(8)9)25(33)26(34)19-10-12-21(31)13-11-19;1-16(2)18-12-13-30-21(14-18)22(25(32)27(3,4)5)20(15-28(6,7)26(33)34)23(30)24(31)17-8-10-19(29)11-9-17;1-3-2/h10-16,18H,17H2,1-9H3;8-14,16H,15H2,1-7H3,(H,33,34);3H2,1-2H3. The maximum absolute atomic E-state index is 14.0. The lowest BCUT2D eigenvalue weighted by atomic mass is 9.78. The first-order chi connectivity index (χ1) is 33.6. The van der Waals surface area contributed by atoms with Crippen molar-refractivity contribution >= 4 is 69.2 Å². The Labute approximate surface area is 443 Å². The predicted octanol–water partition coefficient (Wildman–Crippen LogP) is 15.1. The Morgan fingerprint density at radius 3 is 1.14 bits per heavy atom. The molecular weight excluding hydrogens is 958 g/mol. The molecule has 4 aromatic heterocycles. The first-order valence-corrected chi connectivity index (χ1v) is 25.9. The van der Waals surface area contributed by atoms with Crippen LogP contribution < -0.4 is 0 Å². The van der Waals surface area contributed by atoms with Crippen LogP contribution in [-0.4, -0.2) is 67.9 Å². The van der Waals surface area contributed by atoms with E-state index in [1.165, 1.54) is 6.42 Å². The Kier molecular flexibility index (Phi) is 18.9. The maximum Gasteiger partial charge on any atom is 0.309 e. The molecule has 6 aromatic rings. The van der Waals surface area contributed by atoms with Crippen molar-refractivity contribution in [2.45, 2.75) is 142 Å². The number of aliphatic carboxylic acids is 1. The summed E-state index contributed by atoms with van der Waals surface area (Å²) in [4.78, 5) is 82.3. The van der Waals surface area contributed by atoms with E-state index in [1.807, 2.05) is 96.4 Å². The number of carbonyl (C=O) groups excluding carboxylic acids is 5. The van der Waals surface area contributed by atoms with Gasteiger partial charge in [0.1, 0.15) is 0 Å². The summed E-state index contributed by atoms with van der Waals surface area (Å²) in [6, 6.07) is 21.2. The fraction of sp³-hybridized carbons (Fsp3) is 0.443. The third-order valence-corrected chi connectivity index (χ3v) is 13.2. The number of nitrogens with zero attached hydrogens (tertiary/aromatic N) is 3. The molecule has 0 aliphatic heterocycles. The molecule has 10 nitrogen and oxygen atoms in total. The van der Waals surface area contributed by atoms with Gasteiger partial charge < -0.3 is 18.8 Å². The Balaban J connectivity index is 0.000000301. The van der Waals surface area contributed by atoms with Crippen molar-refractivity contribution in [3.8, 4) is 0 Å². The number of carboxylic acid groups (broad SMARTS) is 1. The zero-order chi connectivity index (χ0) is 55.5. The number of fused-ring (bicyclic) bond motifs is 2. The Bertz CT molecular complexity index is 3030. The van der Waals surface area contributed by atoms with E-state index >= 15 is 0 Å². The third kappa shape index (κ3) is 13.5. The van der Waals surface area contributed by atoms with Gasteiger partial charge in [-0.25, -0.2) is 0 Å². The number of halogens is 2. The highest BCUT2D eigenvalue weighted by Crippen LogP contribution is 2.39. The lowest BCUT2D eigenvalue weighted by Gasteiger charge is -2.28. The van der Waals surface area contributed by atoms with Gasteiger partial charge in [-0.3, -0.25) is 28.8 Å². The van der Waals surface area contributed by atoms with Crippen LogP contribution in [-0.2, 0) is 22.4 Å². The number of hydrogen-bond acceptors (Lipinski definition) is 6. The molecule has 0 unspecified atom stereocenters. The van der Waals surface area contributed by atoms with Crippen LogP contribution in [0.15, 0.2) is 85.2 Å². The zero-order valence-electron chi connectivity index (χ0n) is 46.4. The number of hydrogen-bond donors (Lipinski definition) is 1. The molecule has 6 rings (SSSR count). The van der Waals surface area contributed by atoms with E-state index < -0.39 is 27.6 Å². The molecular formula is C61H77Cl2N3O7. The predicted molar refractivity (Wildman–Crippen MR) is 298 cm³/mol. The van der Waals surface area contributed by atoms with Gasteiger partial charge in [-0.05, 0) is 134 Å². The van der Waals surface area contributed by atoms with Crippen molar-refractivity contribution < 1.29 is 33.9 Å². The van der Waals surface area contributed by atoms with Crippen molar-refractivity contribution in [3.63, 3.8) is 0 Å². The Morgan fingerprint density at radius 2 is 0.863 bits per heavy atom. The van der Waals surface area contributed by atoms with Crippen molar-refractivity contribution in [2.75, 3.05) is 14.1 Å². The largest absolute Gasteiger partial charge is 0.481 e. The minimum Gasteiger partial charge on any atom is -0.481 e. The van der Waals surface area contributed by atoms with Crippen LogP contribution in [0.5, 0.6) is 0 Å². The average molecular weight is 1040 g/mol. The van der Waals surface area contributed by atoms with Gasteiger partial charge in [-0.15, -0.1) is 0 Å². The highest BCUT2D eigenvalue weighted by Gasteiger charge is 2.40. The summed E-state index contributed by atoms with van der Waals surface area (Å²) in [6.45, 7) is 30.6. The molecule has 12 heteroatoms. The lowest BCUT2D eigenvalue weighted by molar-refractivity contribution is -0.146. The molecule has 0 bridgehead atoms. The van der Waals surface area contributed by atoms with E-state index in [0.29, 0.717) is 65.8 Å². The molecule has 4 heterocycles. The summed E-state index contributed by atoms with van der Waals surface area (Å²) >= 11 is 12.1. The van der Waals surface area contributed by atoms with E-state index in [0.717, 1.165) is 11.1 Å². The normalized spacial score (nSPS) is 12.1. The molecule has 0 fully saturated rings. The minimum atomic E-state index is -1.19. The second-order valence-electron chi connectivity index (χ2n) is 23.3. The molecule has 1 amide bonds. The van der Waals surface area contributed by atoms with Gasteiger partial charge in [0.15, 0.2) is 11.6 Å². The fourth-order valence-corrected chi connectivity index (χ4v) is 8.83. The summed E-state index contributed by atoms with van der Waals surface area (Å²) in [5.41, 5.74) is 3.62. The van der Waals surface area contributed by atoms with Gasteiger partial charge in [-0.2, -0.15) is 0 Å². The van der Waals surface area contributed by atoms with Gasteiger partial charge in [-0.1, -0.05) is 127 Å². The number of carboxylic acids is 1. The van der Waals surface area contributed by atoms with E-state index in [-0.39, 0.29) is 53.7 Å². The van der Waals surface area contributed by atoms with Gasteiger partial charge in [0.25, 0.3) is 0 Å². The fourth-order valence-electron chi connectivity index (χ4n) is 8.57. The van der Waals surface area contributed by atoms with Crippen molar-refractivity contribution in [3.05, 3.63) is 151 Å². The van der Waals surface area contributed by atoms with E-state index in [1.54, 1.807) is 85.8 Å². The van der Waals surface area contributed by atoms with E-state index in [9.17, 15) is 33.9 Å². The van der Waals surface area contributed by atoms with Crippen LogP contribution in [0.3, 0.4) is 0 Å². The monoisotopic (exact) mass is 1030 g/mol. The van der Waals surface area contributed by atoms with Crippen molar-refractivity contribution in [1.82, 2.24) is 13.7 Å². The van der Waals surface area contributed by atoms with Gasteiger partial charge in [0.05, 0.1) is 27.8 Å². The number of aromatic nitrogens is 2. The molecule has 0 aliphatic rings. The average Bonchev–Trinajstić information content (AvgIpc) is 3.77. The molecule has 0 spiro atoms. The highest BCUT2D eigenvalue weighted by molar-refractivity contribution is 6.31. The molecule has 1 N–H and O–H groups in total. The van der Waals surface area contributed by atoms with Crippen LogP contribution in [0.2, 0.25) is 10.0 Å². The summed E-state index contributed by atoms with van der Waals surface area (Å²) in [6.07, 6.45) is 5.21. The second kappa shape index (κ2) is 23.1. The molecule has 392 valence electrons. The lowest BCUT2D eigenvalue weighted by Crippen LogP contribution is -2.38. The van der Waals surface area contributed by atoms with Gasteiger partial charge in [0.2, 0.25) is 17.5 Å². The summed E-state index contributed by atoms with van der Waals surface area (Å²) in [5.74, 6) is -1.29. The van der Waals surface area contributed by atoms with E-state index in [4.69, 9.17) is 23.2 Å². The van der Waals surface area contributed by atoms with Crippen LogP contribution >= 0.6 is 23.2 Å². The maximum atomic E-state index is 14.0. The van der Waals surface area contributed by atoms with Crippen molar-refractivity contribution in [1.29, 1.82) is 0 Å². The number of pyridine rings is 2. The summed E-state index contributed by atoms with van der Waals surface area (Å²) in [5, 5.41) is 10.9. The smallest absolute Gasteiger partial charge is 0.309 e. The summed E-state index contributed by atoms with van der Waals surface area (Å²) < 4.78 is 3.57. The molecule has 73 heavy (non-hydrogen) atoms. The number of ketones is 4. The number of amides is 1. The number of benzene rings is 2. The minimum absolute atomic E-state index is 0.0346. The highest BCUT2D eigenvalue weighted by atomic mass is 35.5. The first kappa shape index (κ1) is 59.7. The molecule has 0 saturated carbocycles. The van der Waals surface area contributed by atoms with Crippen LogP contribution in [0.1, 0.15) is 204 Å². The zero-order valence-corrected chi connectivity index (χ0v) is 47.9. The molecule has 0 atom stereocenters. The molecule has 0 saturated heterocycles. The van der Waals surface area contributed by atoms with Crippen LogP contribution in [0.4, 0.5) is 0 Å². The quantitative estimate of drug-likeness (QED) is 0.107. The number of Topliss-reactive ketones (excluding diaryl/α,β-unsaturated/α-hetero) is 2. The molecule has 2 aromatic carbocycles.